The van der Waals surface area contributed by atoms with E-state index in [4.69, 9.17) is 14.2 Å². The molecule has 0 aromatic rings. The monoisotopic (exact) mass is 512 g/mol. The van der Waals surface area contributed by atoms with E-state index in [-0.39, 0.29) is 41.7 Å². The van der Waals surface area contributed by atoms with Gasteiger partial charge in [0, 0.05) is 58.3 Å². The number of aliphatic imine (C=N–C) groups is 1. The quantitative estimate of drug-likeness (QED) is 0.233. The van der Waals surface area contributed by atoms with E-state index in [1.54, 1.807) is 7.11 Å². The minimum atomic E-state index is 0. The fraction of sp³-hybridized carbons (Fsp3) is 0.950. The molecule has 0 bridgehead atoms. The number of likely N-dealkylation sites (tertiary alicyclic amines) is 1. The van der Waals surface area contributed by atoms with Crippen LogP contribution in [0.5, 0.6) is 0 Å². The van der Waals surface area contributed by atoms with Gasteiger partial charge in [-0.15, -0.1) is 24.0 Å². The third-order valence-electron chi connectivity index (χ3n) is 5.54. The molecule has 166 valence electrons. The van der Waals surface area contributed by atoms with Crippen molar-refractivity contribution in [2.75, 3.05) is 66.7 Å². The maximum absolute atomic E-state index is 5.89. The first-order valence-corrected chi connectivity index (χ1v) is 10.3. The molecule has 2 saturated heterocycles. The van der Waals surface area contributed by atoms with Crippen LogP contribution >= 0.6 is 24.0 Å². The summed E-state index contributed by atoms with van der Waals surface area (Å²) < 4.78 is 16.6. The molecule has 2 aliphatic heterocycles. The Hall–Kier alpha value is -0.160. The smallest absolute Gasteiger partial charge is 0.193 e. The van der Waals surface area contributed by atoms with Gasteiger partial charge in [-0.1, -0.05) is 0 Å². The van der Waals surface area contributed by atoms with Crippen LogP contribution in [0.15, 0.2) is 4.99 Å². The number of morpholine rings is 1. The third kappa shape index (κ3) is 7.93. The first-order valence-electron chi connectivity index (χ1n) is 10.3. The van der Waals surface area contributed by atoms with E-state index >= 15 is 0 Å². The van der Waals surface area contributed by atoms with E-state index in [0.29, 0.717) is 19.1 Å². The molecule has 0 aromatic carbocycles. The summed E-state index contributed by atoms with van der Waals surface area (Å²) in [4.78, 5) is 9.40. The second-order valence-corrected chi connectivity index (χ2v) is 8.54. The minimum absolute atomic E-state index is 0. The molecule has 2 fully saturated rings. The van der Waals surface area contributed by atoms with Crippen molar-refractivity contribution in [3.63, 3.8) is 0 Å². The highest BCUT2D eigenvalue weighted by Gasteiger charge is 2.34. The summed E-state index contributed by atoms with van der Waals surface area (Å²) in [5.74, 6) is 1.56. The molecule has 2 aliphatic rings. The van der Waals surface area contributed by atoms with Crippen LogP contribution in [-0.4, -0.2) is 100 Å². The van der Waals surface area contributed by atoms with Gasteiger partial charge in [0.05, 0.1) is 32.0 Å². The molecule has 2 heterocycles. The summed E-state index contributed by atoms with van der Waals surface area (Å²) in [6.07, 6.45) is 1.71. The summed E-state index contributed by atoms with van der Waals surface area (Å²) >= 11 is 0. The van der Waals surface area contributed by atoms with E-state index in [1.807, 2.05) is 7.05 Å². The minimum Gasteiger partial charge on any atom is -0.382 e. The van der Waals surface area contributed by atoms with Gasteiger partial charge in [-0.2, -0.15) is 0 Å². The van der Waals surface area contributed by atoms with Crippen LogP contribution in [0.1, 0.15) is 34.1 Å². The molecule has 0 saturated carbocycles. The van der Waals surface area contributed by atoms with Gasteiger partial charge in [0.15, 0.2) is 5.96 Å². The van der Waals surface area contributed by atoms with Crippen LogP contribution in [0.3, 0.4) is 0 Å². The van der Waals surface area contributed by atoms with Crippen molar-refractivity contribution in [2.24, 2.45) is 10.9 Å². The van der Waals surface area contributed by atoms with E-state index < -0.39 is 0 Å². The van der Waals surface area contributed by atoms with Crippen LogP contribution in [-0.2, 0) is 14.2 Å². The molecule has 0 spiro atoms. The topological polar surface area (TPSA) is 58.6 Å². The molecule has 0 amide bonds. The average Bonchev–Trinajstić information content (AvgIpc) is 3.07. The van der Waals surface area contributed by atoms with Crippen LogP contribution < -0.4 is 5.32 Å². The molecule has 0 aliphatic carbocycles. The lowest BCUT2D eigenvalue weighted by Gasteiger charge is -2.45. The maximum atomic E-state index is 5.89. The Morgan fingerprint density at radius 3 is 2.46 bits per heavy atom. The first-order chi connectivity index (χ1) is 12.9. The Bertz CT molecular complexity index is 468. The predicted molar refractivity (Wildman–Crippen MR) is 125 cm³/mol. The van der Waals surface area contributed by atoms with Gasteiger partial charge in [0.25, 0.3) is 0 Å². The second kappa shape index (κ2) is 12.5. The Morgan fingerprint density at radius 2 is 1.86 bits per heavy atom. The number of ether oxygens (including phenoxy) is 3. The van der Waals surface area contributed by atoms with Gasteiger partial charge < -0.3 is 24.4 Å². The highest BCUT2D eigenvalue weighted by Crippen LogP contribution is 2.21. The highest BCUT2D eigenvalue weighted by molar-refractivity contribution is 14.0. The van der Waals surface area contributed by atoms with Gasteiger partial charge in [-0.05, 0) is 34.1 Å². The van der Waals surface area contributed by atoms with Gasteiger partial charge in [0.2, 0.25) is 0 Å². The summed E-state index contributed by atoms with van der Waals surface area (Å²) in [6, 6.07) is 0. The normalized spacial score (nSPS) is 27.0. The molecule has 28 heavy (non-hydrogen) atoms. The van der Waals surface area contributed by atoms with Crippen molar-refractivity contribution in [2.45, 2.75) is 51.9 Å². The number of guanidine groups is 1. The maximum Gasteiger partial charge on any atom is 0.193 e. The molecule has 3 atom stereocenters. The van der Waals surface area contributed by atoms with E-state index in [2.05, 4.69) is 47.8 Å². The molecule has 1 N–H and O–H groups in total. The molecular weight excluding hydrogens is 471 g/mol. The molecule has 7 nitrogen and oxygen atoms in total. The van der Waals surface area contributed by atoms with Gasteiger partial charge >= 0.3 is 0 Å². The Kier molecular flexibility index (Phi) is 11.6. The number of nitrogens with zero attached hydrogens (tertiary/aromatic N) is 3. The van der Waals surface area contributed by atoms with Gasteiger partial charge in [0.1, 0.15) is 0 Å². The largest absolute Gasteiger partial charge is 0.382 e. The predicted octanol–water partition coefficient (Wildman–Crippen LogP) is 2.05. The molecule has 3 unspecified atom stereocenters. The number of nitrogens with one attached hydrogen (secondary N) is 1. The lowest BCUT2D eigenvalue weighted by atomic mass is 10.00. The van der Waals surface area contributed by atoms with Crippen molar-refractivity contribution >= 4 is 29.9 Å². The number of hydrogen-bond donors (Lipinski definition) is 1. The van der Waals surface area contributed by atoms with Crippen molar-refractivity contribution in [3.05, 3.63) is 0 Å². The third-order valence-corrected chi connectivity index (χ3v) is 5.54. The number of hydrogen-bond acceptors (Lipinski definition) is 5. The molecule has 0 aromatic heterocycles. The van der Waals surface area contributed by atoms with Gasteiger partial charge in [-0.3, -0.25) is 9.89 Å². The number of rotatable bonds is 8. The van der Waals surface area contributed by atoms with Crippen LogP contribution in [0.2, 0.25) is 0 Å². The standard InChI is InChI=1S/C20H40N4O3.HI/c1-16-11-24(12-17(2)27-16)20(3,4)15-22-19(21-5)23-8-7-18(13-23)14-26-10-9-25-6;/h16-18H,7-15H2,1-6H3,(H,21,22);1H. The lowest BCUT2D eigenvalue weighted by Crippen LogP contribution is -2.59. The fourth-order valence-corrected chi connectivity index (χ4v) is 3.96. The highest BCUT2D eigenvalue weighted by atomic mass is 127. The van der Waals surface area contributed by atoms with Crippen LogP contribution in [0.4, 0.5) is 0 Å². The molecule has 0 radical (unpaired) electrons. The van der Waals surface area contributed by atoms with E-state index in [1.165, 1.54) is 0 Å². The Labute approximate surface area is 188 Å². The lowest BCUT2D eigenvalue weighted by molar-refractivity contribution is -0.0947. The molecule has 2 rings (SSSR count). The summed E-state index contributed by atoms with van der Waals surface area (Å²) in [7, 11) is 3.58. The van der Waals surface area contributed by atoms with E-state index in [0.717, 1.165) is 51.7 Å². The van der Waals surface area contributed by atoms with Crippen molar-refractivity contribution in [3.8, 4) is 0 Å². The number of halogens is 1. The van der Waals surface area contributed by atoms with Crippen molar-refractivity contribution in [1.82, 2.24) is 15.1 Å². The summed E-state index contributed by atoms with van der Waals surface area (Å²) in [5.41, 5.74) is 0.0463. The second-order valence-electron chi connectivity index (χ2n) is 8.54. The zero-order valence-electron chi connectivity index (χ0n) is 18.6. The van der Waals surface area contributed by atoms with Crippen molar-refractivity contribution < 1.29 is 14.2 Å². The van der Waals surface area contributed by atoms with E-state index in [9.17, 15) is 0 Å². The first kappa shape index (κ1) is 25.9. The average molecular weight is 512 g/mol. The van der Waals surface area contributed by atoms with Crippen LogP contribution in [0.25, 0.3) is 0 Å². The summed E-state index contributed by atoms with van der Waals surface area (Å²) in [6.45, 7) is 15.9. The Morgan fingerprint density at radius 1 is 1.18 bits per heavy atom. The van der Waals surface area contributed by atoms with Crippen molar-refractivity contribution in [1.29, 1.82) is 0 Å². The SMILES string of the molecule is CN=C(NCC(C)(C)N1CC(C)OC(C)C1)N1CCC(COCCOC)C1.I. The number of methoxy groups -OCH3 is 1. The Balaban J connectivity index is 0.00000392. The molecular formula is C20H41IN4O3. The van der Waals surface area contributed by atoms with Crippen LogP contribution in [0, 0.1) is 5.92 Å². The summed E-state index contributed by atoms with van der Waals surface area (Å²) in [5, 5.41) is 3.61. The molecule has 8 heteroatoms. The fourth-order valence-electron chi connectivity index (χ4n) is 3.96. The zero-order chi connectivity index (χ0) is 19.9. The van der Waals surface area contributed by atoms with Gasteiger partial charge in [-0.25, -0.2) is 0 Å². The zero-order valence-corrected chi connectivity index (χ0v) is 20.9.